The first-order valence-electron chi connectivity index (χ1n) is 3.74. The number of Topliss-reactive ketones (excluding diaryl/α,β-unsaturated/α-hetero) is 1. The van der Waals surface area contributed by atoms with Crippen molar-refractivity contribution in [3.8, 4) is 0 Å². The summed E-state index contributed by atoms with van der Waals surface area (Å²) in [4.78, 5) is 12.2. The molecule has 1 heterocycles. The fourth-order valence-electron chi connectivity index (χ4n) is 1.26. The predicted octanol–water partition coefficient (Wildman–Crippen LogP) is 1.68. The summed E-state index contributed by atoms with van der Waals surface area (Å²) in [5.74, 6) is 0.0388. The van der Waals surface area contributed by atoms with E-state index in [2.05, 4.69) is 0 Å². The Labute approximate surface area is 74.6 Å². The van der Waals surface area contributed by atoms with Crippen LogP contribution in [0.4, 0.5) is 0 Å². The number of thioether (sulfide) groups is 1. The summed E-state index contributed by atoms with van der Waals surface area (Å²) in [5, 5.41) is 9.27. The summed E-state index contributed by atoms with van der Waals surface area (Å²) >= 11 is 1.35. The third kappa shape index (κ3) is 1.26. The van der Waals surface area contributed by atoms with E-state index in [0.717, 1.165) is 10.5 Å². The van der Waals surface area contributed by atoms with Gasteiger partial charge in [-0.2, -0.15) is 0 Å². The molecule has 1 N–H and O–H groups in total. The monoisotopic (exact) mass is 180 g/mol. The molecule has 0 fully saturated rings. The second kappa shape index (κ2) is 2.92. The average Bonchev–Trinajstić information content (AvgIpc) is 2.04. The summed E-state index contributed by atoms with van der Waals surface area (Å²) in [5.41, 5.74) is 0.181. The Morgan fingerprint density at radius 1 is 1.42 bits per heavy atom. The lowest BCUT2D eigenvalue weighted by molar-refractivity contribution is 0.0934. The molecule has 0 radical (unpaired) electrons. The van der Waals surface area contributed by atoms with Crippen molar-refractivity contribution in [2.75, 3.05) is 0 Å². The van der Waals surface area contributed by atoms with Crippen LogP contribution in [-0.2, 0) is 0 Å². The van der Waals surface area contributed by atoms with E-state index in [1.807, 2.05) is 18.2 Å². The molecule has 0 amide bonds. The average molecular weight is 180 g/mol. The first-order chi connectivity index (χ1) is 5.77. The van der Waals surface area contributed by atoms with Crippen LogP contribution in [0.5, 0.6) is 0 Å². The molecule has 1 aliphatic heterocycles. The lowest BCUT2D eigenvalue weighted by Crippen LogP contribution is -2.16. The molecule has 12 heavy (non-hydrogen) atoms. The number of ketones is 1. The molecule has 0 saturated carbocycles. The van der Waals surface area contributed by atoms with Crippen LogP contribution in [0.25, 0.3) is 0 Å². The fraction of sp³-hybridized carbons (Fsp3) is 0.222. The van der Waals surface area contributed by atoms with Crippen molar-refractivity contribution < 1.29 is 9.90 Å². The largest absolute Gasteiger partial charge is 0.382 e. The Balaban J connectivity index is 2.47. The van der Waals surface area contributed by atoms with Crippen LogP contribution in [0.3, 0.4) is 0 Å². The summed E-state index contributed by atoms with van der Waals surface area (Å²) in [7, 11) is 0. The van der Waals surface area contributed by atoms with Gasteiger partial charge < -0.3 is 5.11 Å². The van der Waals surface area contributed by atoms with E-state index in [1.54, 1.807) is 6.07 Å². The van der Waals surface area contributed by atoms with Gasteiger partial charge >= 0.3 is 0 Å². The third-order valence-electron chi connectivity index (χ3n) is 1.81. The summed E-state index contributed by atoms with van der Waals surface area (Å²) in [6, 6.07) is 7.38. The molecule has 62 valence electrons. The van der Waals surface area contributed by atoms with Crippen molar-refractivity contribution in [1.29, 1.82) is 0 Å². The minimum absolute atomic E-state index is 0.0388. The number of benzene rings is 1. The number of rotatable bonds is 0. The quantitative estimate of drug-likeness (QED) is 0.660. The van der Waals surface area contributed by atoms with E-state index in [9.17, 15) is 9.90 Å². The Bertz CT molecular complexity index is 322. The molecule has 1 aliphatic rings. The smallest absolute Gasteiger partial charge is 0.167 e. The highest BCUT2D eigenvalue weighted by atomic mass is 32.2. The number of aliphatic hydroxyl groups excluding tert-OH is 1. The van der Waals surface area contributed by atoms with E-state index < -0.39 is 5.44 Å². The first kappa shape index (κ1) is 7.83. The van der Waals surface area contributed by atoms with Crippen molar-refractivity contribution in [3.63, 3.8) is 0 Å². The van der Waals surface area contributed by atoms with Gasteiger partial charge in [0, 0.05) is 16.9 Å². The maximum Gasteiger partial charge on any atom is 0.167 e. The van der Waals surface area contributed by atoms with E-state index in [1.165, 1.54) is 11.8 Å². The van der Waals surface area contributed by atoms with Crippen LogP contribution in [0.2, 0.25) is 0 Å². The van der Waals surface area contributed by atoms with Crippen molar-refractivity contribution in [3.05, 3.63) is 29.8 Å². The Morgan fingerprint density at radius 3 is 3.00 bits per heavy atom. The molecule has 0 aromatic heterocycles. The maximum atomic E-state index is 11.3. The lowest BCUT2D eigenvalue weighted by atomic mass is 10.1. The van der Waals surface area contributed by atoms with Crippen LogP contribution in [0.15, 0.2) is 29.2 Å². The van der Waals surface area contributed by atoms with Gasteiger partial charge in [0.2, 0.25) is 0 Å². The molecule has 0 saturated heterocycles. The molecule has 0 bridgehead atoms. The highest BCUT2D eigenvalue weighted by Crippen LogP contribution is 2.33. The third-order valence-corrected chi connectivity index (χ3v) is 2.86. The Kier molecular flexibility index (Phi) is 1.90. The molecular formula is C9H8O2S. The standard InChI is InChI=1S/C9H8O2S/c10-7-5-9(11)12-8-4-2-1-3-6(7)8/h1-4,9,11H,5H2. The number of hydrogen-bond acceptors (Lipinski definition) is 3. The number of carbonyl (C=O) groups excluding carboxylic acids is 1. The predicted molar refractivity (Wildman–Crippen MR) is 47.3 cm³/mol. The van der Waals surface area contributed by atoms with Crippen molar-refractivity contribution >= 4 is 17.5 Å². The zero-order valence-electron chi connectivity index (χ0n) is 6.36. The minimum atomic E-state index is -0.563. The van der Waals surface area contributed by atoms with E-state index >= 15 is 0 Å². The Morgan fingerprint density at radius 2 is 2.17 bits per heavy atom. The van der Waals surface area contributed by atoms with Gasteiger partial charge in [-0.15, -0.1) is 0 Å². The Hall–Kier alpha value is -0.800. The number of aliphatic hydroxyl groups is 1. The first-order valence-corrected chi connectivity index (χ1v) is 4.62. The van der Waals surface area contributed by atoms with Gasteiger partial charge in [-0.3, -0.25) is 4.79 Å². The van der Waals surface area contributed by atoms with Crippen molar-refractivity contribution in [2.24, 2.45) is 0 Å². The van der Waals surface area contributed by atoms with Crippen LogP contribution in [-0.4, -0.2) is 16.3 Å². The zero-order chi connectivity index (χ0) is 8.55. The van der Waals surface area contributed by atoms with Gasteiger partial charge in [-0.05, 0) is 6.07 Å². The molecular weight excluding hydrogens is 172 g/mol. The summed E-state index contributed by atoms with van der Waals surface area (Å²) < 4.78 is 0. The molecule has 0 aliphatic carbocycles. The van der Waals surface area contributed by atoms with Crippen LogP contribution in [0, 0.1) is 0 Å². The SMILES string of the molecule is O=C1CC(O)Sc2ccccc21. The zero-order valence-corrected chi connectivity index (χ0v) is 7.17. The van der Waals surface area contributed by atoms with Gasteiger partial charge in [0.05, 0.1) is 0 Å². The minimum Gasteiger partial charge on any atom is -0.382 e. The van der Waals surface area contributed by atoms with Gasteiger partial charge in [0.25, 0.3) is 0 Å². The molecule has 3 heteroatoms. The van der Waals surface area contributed by atoms with Crippen LogP contribution < -0.4 is 0 Å². The number of hydrogen-bond donors (Lipinski definition) is 1. The molecule has 1 unspecified atom stereocenters. The van der Waals surface area contributed by atoms with Gasteiger partial charge in [0.1, 0.15) is 5.44 Å². The maximum absolute atomic E-state index is 11.3. The van der Waals surface area contributed by atoms with Crippen LogP contribution >= 0.6 is 11.8 Å². The topological polar surface area (TPSA) is 37.3 Å². The molecule has 2 nitrogen and oxygen atoms in total. The van der Waals surface area contributed by atoms with Gasteiger partial charge in [-0.25, -0.2) is 0 Å². The lowest BCUT2D eigenvalue weighted by Gasteiger charge is -2.17. The molecule has 2 rings (SSSR count). The second-order valence-electron chi connectivity index (χ2n) is 2.70. The van der Waals surface area contributed by atoms with E-state index in [4.69, 9.17) is 0 Å². The highest BCUT2D eigenvalue weighted by Gasteiger charge is 2.23. The molecule has 1 aromatic rings. The van der Waals surface area contributed by atoms with Crippen LogP contribution in [0.1, 0.15) is 16.8 Å². The number of fused-ring (bicyclic) bond motifs is 1. The number of carbonyl (C=O) groups is 1. The molecule has 1 atom stereocenters. The fourth-order valence-corrected chi connectivity index (χ4v) is 2.25. The molecule has 0 spiro atoms. The normalized spacial score (nSPS) is 22.1. The summed E-state index contributed by atoms with van der Waals surface area (Å²) in [6.45, 7) is 0. The van der Waals surface area contributed by atoms with E-state index in [0.29, 0.717) is 0 Å². The molecule has 1 aromatic carbocycles. The summed E-state index contributed by atoms with van der Waals surface area (Å²) in [6.07, 6.45) is 0.238. The van der Waals surface area contributed by atoms with Gasteiger partial charge in [0.15, 0.2) is 5.78 Å². The van der Waals surface area contributed by atoms with E-state index in [-0.39, 0.29) is 12.2 Å². The highest BCUT2D eigenvalue weighted by molar-refractivity contribution is 8.00. The second-order valence-corrected chi connectivity index (χ2v) is 3.92. The van der Waals surface area contributed by atoms with Crippen molar-refractivity contribution in [1.82, 2.24) is 0 Å². The van der Waals surface area contributed by atoms with Gasteiger partial charge in [-0.1, -0.05) is 30.0 Å². The van der Waals surface area contributed by atoms with Crippen molar-refractivity contribution in [2.45, 2.75) is 16.8 Å².